The molecule has 0 aliphatic heterocycles. The second-order valence-electron chi connectivity index (χ2n) is 6.45. The fraction of sp³-hybridized carbons (Fsp3) is 0.136. The van der Waals surface area contributed by atoms with Crippen molar-refractivity contribution in [3.63, 3.8) is 0 Å². The van der Waals surface area contributed by atoms with Crippen LogP contribution in [0, 0.1) is 39.4 Å². The van der Waals surface area contributed by atoms with E-state index in [1.807, 2.05) is 6.07 Å². The maximum atomic E-state index is 9.98. The molecule has 0 saturated carbocycles. The number of hydrogen-bond acceptors (Lipinski definition) is 4. The maximum absolute atomic E-state index is 9.98. The molecule has 136 valence electrons. The molecule has 2 aromatic carbocycles. The lowest BCUT2D eigenvalue weighted by molar-refractivity contribution is 0.512. The van der Waals surface area contributed by atoms with Gasteiger partial charge in [0.2, 0.25) is 0 Å². The van der Waals surface area contributed by atoms with Crippen molar-refractivity contribution in [3.8, 4) is 18.2 Å². The van der Waals surface area contributed by atoms with Crippen LogP contribution in [-0.2, 0) is 0 Å². The highest BCUT2D eigenvalue weighted by atomic mass is 35.5. The highest BCUT2D eigenvalue weighted by Gasteiger charge is 2.50. The number of benzene rings is 2. The molecule has 0 heterocycles. The first kappa shape index (κ1) is 19.5. The molecule has 1 atom stereocenters. The molecule has 1 unspecified atom stereocenters. The Bertz CT molecular complexity index is 1140. The molecule has 28 heavy (non-hydrogen) atoms. The van der Waals surface area contributed by atoms with E-state index in [4.69, 9.17) is 28.9 Å². The van der Waals surface area contributed by atoms with Crippen LogP contribution in [0.3, 0.4) is 0 Å². The van der Waals surface area contributed by atoms with Crippen LogP contribution < -0.4 is 5.73 Å². The van der Waals surface area contributed by atoms with Gasteiger partial charge in [-0.05, 0) is 36.2 Å². The Morgan fingerprint density at radius 2 is 1.68 bits per heavy atom. The summed E-state index contributed by atoms with van der Waals surface area (Å²) < 4.78 is 0. The molecular weight excluding hydrogens is 391 g/mol. The van der Waals surface area contributed by atoms with E-state index in [2.05, 4.69) is 18.2 Å². The molecule has 0 bridgehead atoms. The van der Waals surface area contributed by atoms with Crippen LogP contribution in [0.5, 0.6) is 0 Å². The Morgan fingerprint density at radius 3 is 2.25 bits per heavy atom. The fourth-order valence-electron chi connectivity index (χ4n) is 3.74. The average molecular weight is 405 g/mol. The number of nitriles is 3. The summed E-state index contributed by atoms with van der Waals surface area (Å²) in [6.07, 6.45) is 0. The van der Waals surface area contributed by atoms with Gasteiger partial charge >= 0.3 is 0 Å². The van der Waals surface area contributed by atoms with Crippen molar-refractivity contribution in [2.75, 3.05) is 0 Å². The summed E-state index contributed by atoms with van der Waals surface area (Å²) in [4.78, 5) is 0. The SMILES string of the molecule is CC1=C(c2cccc(Cl)c2)C(C#N)=C(N)C(C#N)(C#N)C1c1ccccc1Cl. The van der Waals surface area contributed by atoms with Crippen LogP contribution in [0.4, 0.5) is 0 Å². The quantitative estimate of drug-likeness (QED) is 0.730. The number of hydrogen-bond donors (Lipinski definition) is 1. The minimum absolute atomic E-state index is 0.0782. The molecule has 1 aliphatic carbocycles. The normalized spacial score (nSPS) is 18.2. The summed E-state index contributed by atoms with van der Waals surface area (Å²) in [7, 11) is 0. The van der Waals surface area contributed by atoms with E-state index in [1.54, 1.807) is 49.4 Å². The van der Waals surface area contributed by atoms with Gasteiger partial charge in [0.15, 0.2) is 5.41 Å². The molecule has 2 N–H and O–H groups in total. The van der Waals surface area contributed by atoms with Crippen LogP contribution in [0.25, 0.3) is 5.57 Å². The van der Waals surface area contributed by atoms with Gasteiger partial charge < -0.3 is 5.73 Å². The molecular formula is C22H14Cl2N4. The van der Waals surface area contributed by atoms with Gasteiger partial charge in [-0.3, -0.25) is 0 Å². The van der Waals surface area contributed by atoms with Gasteiger partial charge in [-0.1, -0.05) is 59.1 Å². The summed E-state index contributed by atoms with van der Waals surface area (Å²) in [6, 6.07) is 20.2. The van der Waals surface area contributed by atoms with Crippen LogP contribution in [0.15, 0.2) is 65.4 Å². The van der Waals surface area contributed by atoms with Crippen molar-refractivity contribution < 1.29 is 0 Å². The predicted molar refractivity (Wildman–Crippen MR) is 109 cm³/mol. The van der Waals surface area contributed by atoms with Crippen LogP contribution in [-0.4, -0.2) is 0 Å². The molecule has 0 fully saturated rings. The Morgan fingerprint density at radius 1 is 1.00 bits per heavy atom. The summed E-state index contributed by atoms with van der Waals surface area (Å²) in [5.74, 6) is -0.734. The van der Waals surface area contributed by atoms with E-state index in [-0.39, 0.29) is 11.3 Å². The minimum Gasteiger partial charge on any atom is -0.399 e. The molecule has 0 saturated heterocycles. The van der Waals surface area contributed by atoms with Crippen molar-refractivity contribution in [1.82, 2.24) is 0 Å². The molecule has 0 spiro atoms. The van der Waals surface area contributed by atoms with E-state index in [9.17, 15) is 15.8 Å². The average Bonchev–Trinajstić information content (AvgIpc) is 2.69. The Kier molecular flexibility index (Phi) is 5.17. The topological polar surface area (TPSA) is 97.4 Å². The van der Waals surface area contributed by atoms with E-state index in [1.165, 1.54) is 0 Å². The molecule has 1 aliphatic rings. The van der Waals surface area contributed by atoms with Crippen LogP contribution >= 0.6 is 23.2 Å². The first-order chi connectivity index (χ1) is 13.4. The summed E-state index contributed by atoms with van der Waals surface area (Å²) >= 11 is 12.6. The van der Waals surface area contributed by atoms with Crippen molar-refractivity contribution in [3.05, 3.63) is 86.5 Å². The fourth-order valence-corrected chi connectivity index (χ4v) is 4.17. The number of nitrogens with zero attached hydrogens (tertiary/aromatic N) is 3. The summed E-state index contributed by atoms with van der Waals surface area (Å²) in [5.41, 5.74) is 7.08. The van der Waals surface area contributed by atoms with Crippen molar-refractivity contribution in [2.24, 2.45) is 11.1 Å². The smallest absolute Gasteiger partial charge is 0.194 e. The highest BCUT2D eigenvalue weighted by Crippen LogP contribution is 2.54. The second-order valence-corrected chi connectivity index (χ2v) is 7.30. The minimum atomic E-state index is -1.75. The number of rotatable bonds is 2. The highest BCUT2D eigenvalue weighted by molar-refractivity contribution is 6.31. The van der Waals surface area contributed by atoms with Gasteiger partial charge in [-0.2, -0.15) is 15.8 Å². The lowest BCUT2D eigenvalue weighted by atomic mass is 9.62. The largest absolute Gasteiger partial charge is 0.399 e. The molecule has 4 nitrogen and oxygen atoms in total. The van der Waals surface area contributed by atoms with E-state index < -0.39 is 11.3 Å². The molecule has 0 radical (unpaired) electrons. The van der Waals surface area contributed by atoms with Gasteiger partial charge in [0.05, 0.1) is 23.4 Å². The molecule has 3 rings (SSSR count). The Balaban J connectivity index is 2.45. The van der Waals surface area contributed by atoms with Gasteiger partial charge in [0, 0.05) is 21.5 Å². The van der Waals surface area contributed by atoms with E-state index >= 15 is 0 Å². The third-order valence-electron chi connectivity index (χ3n) is 5.00. The van der Waals surface area contributed by atoms with Gasteiger partial charge in [0.1, 0.15) is 6.07 Å². The van der Waals surface area contributed by atoms with Crippen molar-refractivity contribution in [1.29, 1.82) is 15.8 Å². The number of nitrogens with two attached hydrogens (primary N) is 1. The first-order valence-corrected chi connectivity index (χ1v) is 9.11. The van der Waals surface area contributed by atoms with Gasteiger partial charge in [-0.15, -0.1) is 0 Å². The molecule has 6 heteroatoms. The molecule has 2 aromatic rings. The zero-order chi connectivity index (χ0) is 20.5. The van der Waals surface area contributed by atoms with Crippen molar-refractivity contribution in [2.45, 2.75) is 12.8 Å². The zero-order valence-electron chi connectivity index (χ0n) is 14.9. The number of allylic oxidation sites excluding steroid dienone is 4. The van der Waals surface area contributed by atoms with Gasteiger partial charge in [0.25, 0.3) is 0 Å². The Hall–Kier alpha value is -3.23. The first-order valence-electron chi connectivity index (χ1n) is 8.35. The third kappa shape index (κ3) is 2.83. The van der Waals surface area contributed by atoms with E-state index in [0.29, 0.717) is 32.3 Å². The zero-order valence-corrected chi connectivity index (χ0v) is 16.4. The third-order valence-corrected chi connectivity index (χ3v) is 5.58. The monoisotopic (exact) mass is 404 g/mol. The van der Waals surface area contributed by atoms with E-state index in [0.717, 1.165) is 0 Å². The van der Waals surface area contributed by atoms with Crippen LogP contribution in [0.1, 0.15) is 24.0 Å². The predicted octanol–water partition coefficient (Wildman–Crippen LogP) is 5.33. The molecule has 0 amide bonds. The number of halogens is 2. The molecule has 0 aromatic heterocycles. The van der Waals surface area contributed by atoms with Gasteiger partial charge in [-0.25, -0.2) is 0 Å². The standard InChI is InChI=1S/C22H14Cl2N4/c1-13-19(14-5-4-6-15(23)9-14)17(10-25)21(28)22(11-26,12-27)20(13)16-7-2-3-8-18(16)24/h2-9,20H,28H2,1H3. The van der Waals surface area contributed by atoms with Crippen molar-refractivity contribution >= 4 is 28.8 Å². The Labute approximate surface area is 173 Å². The lowest BCUT2D eigenvalue weighted by Gasteiger charge is -2.37. The second kappa shape index (κ2) is 7.41. The summed E-state index contributed by atoms with van der Waals surface area (Å²) in [6.45, 7) is 1.79. The van der Waals surface area contributed by atoms with Crippen LogP contribution in [0.2, 0.25) is 10.0 Å². The summed E-state index contributed by atoms with van der Waals surface area (Å²) in [5, 5.41) is 30.7. The maximum Gasteiger partial charge on any atom is 0.194 e. The lowest BCUT2D eigenvalue weighted by Crippen LogP contribution is -2.37.